The summed E-state index contributed by atoms with van der Waals surface area (Å²) in [4.78, 5) is 12.6. The van der Waals surface area contributed by atoms with Gasteiger partial charge < -0.3 is 14.8 Å². The molecule has 0 atom stereocenters. The van der Waals surface area contributed by atoms with Gasteiger partial charge in [-0.3, -0.25) is 4.79 Å². The van der Waals surface area contributed by atoms with Crippen molar-refractivity contribution >= 4 is 33.4 Å². The van der Waals surface area contributed by atoms with E-state index in [0.717, 1.165) is 11.3 Å². The zero-order chi connectivity index (χ0) is 20.9. The number of rotatable bonds is 7. The van der Waals surface area contributed by atoms with E-state index < -0.39 is 10.0 Å². The number of hydrogen-bond donors (Lipinski definition) is 1. The summed E-state index contributed by atoms with van der Waals surface area (Å²) in [5.74, 6) is 0.805. The Morgan fingerprint density at radius 2 is 1.86 bits per heavy atom. The number of hydrogen-bond acceptors (Lipinski definition) is 6. The maximum Gasteiger partial charge on any atom is 0.255 e. The first-order valence-corrected chi connectivity index (χ1v) is 11.9. The van der Waals surface area contributed by atoms with Crippen LogP contribution in [0.3, 0.4) is 0 Å². The number of anilines is 1. The minimum absolute atomic E-state index is 0.0232. The van der Waals surface area contributed by atoms with Crippen LogP contribution in [-0.2, 0) is 20.5 Å². The molecule has 1 aliphatic heterocycles. The van der Waals surface area contributed by atoms with Gasteiger partial charge in [-0.25, -0.2) is 8.42 Å². The van der Waals surface area contributed by atoms with Crippen LogP contribution in [-0.4, -0.2) is 58.3 Å². The van der Waals surface area contributed by atoms with E-state index in [0.29, 0.717) is 24.5 Å². The van der Waals surface area contributed by atoms with Crippen LogP contribution in [0.2, 0.25) is 0 Å². The van der Waals surface area contributed by atoms with Gasteiger partial charge in [0.15, 0.2) is 0 Å². The van der Waals surface area contributed by atoms with Crippen molar-refractivity contribution in [2.45, 2.75) is 10.6 Å². The number of amides is 1. The zero-order valence-electron chi connectivity index (χ0n) is 16.4. The minimum atomic E-state index is -3.76. The van der Waals surface area contributed by atoms with Crippen LogP contribution >= 0.6 is 11.8 Å². The Bertz CT molecular complexity index is 955. The Kier molecular flexibility index (Phi) is 7.18. The first-order chi connectivity index (χ1) is 14.0. The number of carbonyl (C=O) groups excluding carboxylic acids is 1. The molecule has 1 amide bonds. The van der Waals surface area contributed by atoms with Crippen molar-refractivity contribution in [1.29, 1.82) is 0 Å². The Morgan fingerprint density at radius 3 is 2.48 bits per heavy atom. The summed E-state index contributed by atoms with van der Waals surface area (Å²) in [5.41, 5.74) is 2.02. The summed E-state index contributed by atoms with van der Waals surface area (Å²) >= 11 is 1.71. The number of benzene rings is 2. The van der Waals surface area contributed by atoms with Crippen LogP contribution in [0.15, 0.2) is 47.4 Å². The number of carbonyl (C=O) groups is 1. The monoisotopic (exact) mass is 436 g/mol. The van der Waals surface area contributed by atoms with Crippen LogP contribution in [0.4, 0.5) is 5.69 Å². The molecule has 0 aliphatic carbocycles. The highest BCUT2D eigenvalue weighted by Crippen LogP contribution is 2.30. The molecule has 0 bridgehead atoms. The van der Waals surface area contributed by atoms with Crippen molar-refractivity contribution in [2.75, 3.05) is 45.0 Å². The van der Waals surface area contributed by atoms with E-state index in [1.165, 1.54) is 17.5 Å². The number of sulfonamides is 1. The summed E-state index contributed by atoms with van der Waals surface area (Å²) in [6.07, 6.45) is 2.02. The highest BCUT2D eigenvalue weighted by atomic mass is 32.2. The van der Waals surface area contributed by atoms with Gasteiger partial charge in [0.2, 0.25) is 10.0 Å². The average molecular weight is 437 g/mol. The maximum atomic E-state index is 13.0. The molecule has 0 unspecified atom stereocenters. The first-order valence-electron chi connectivity index (χ1n) is 9.11. The molecule has 1 saturated heterocycles. The molecule has 0 aromatic heterocycles. The smallest absolute Gasteiger partial charge is 0.255 e. The van der Waals surface area contributed by atoms with Crippen LogP contribution in [0.25, 0.3) is 0 Å². The topological polar surface area (TPSA) is 84.9 Å². The van der Waals surface area contributed by atoms with Crippen LogP contribution < -0.4 is 10.1 Å². The highest BCUT2D eigenvalue weighted by Gasteiger charge is 2.29. The summed E-state index contributed by atoms with van der Waals surface area (Å²) in [5, 5.41) is 2.77. The molecular formula is C20H24N2O5S2. The predicted molar refractivity (Wildman–Crippen MR) is 114 cm³/mol. The lowest BCUT2D eigenvalue weighted by Gasteiger charge is -2.26. The van der Waals surface area contributed by atoms with Crippen molar-refractivity contribution in [3.8, 4) is 5.75 Å². The highest BCUT2D eigenvalue weighted by molar-refractivity contribution is 7.97. The van der Waals surface area contributed by atoms with E-state index in [9.17, 15) is 13.2 Å². The molecule has 7 nitrogen and oxygen atoms in total. The van der Waals surface area contributed by atoms with E-state index in [2.05, 4.69) is 5.32 Å². The van der Waals surface area contributed by atoms with Gasteiger partial charge in [0.1, 0.15) is 10.6 Å². The Balaban J connectivity index is 1.83. The standard InChI is InChI=1S/C20H24N2O5S2/c1-26-18-8-7-17(13-19(18)29(24,25)22-9-11-27-12-10-22)21-20(23)16-5-3-15(4-6-16)14-28-2/h3-8,13H,9-12,14H2,1-2H3,(H,21,23). The second-order valence-electron chi connectivity index (χ2n) is 6.47. The lowest BCUT2D eigenvalue weighted by atomic mass is 10.1. The van der Waals surface area contributed by atoms with Gasteiger partial charge in [-0.05, 0) is 42.2 Å². The fourth-order valence-corrected chi connectivity index (χ4v) is 5.12. The van der Waals surface area contributed by atoms with E-state index in [4.69, 9.17) is 9.47 Å². The van der Waals surface area contributed by atoms with E-state index >= 15 is 0 Å². The van der Waals surface area contributed by atoms with Gasteiger partial charge >= 0.3 is 0 Å². The van der Waals surface area contributed by atoms with Crippen molar-refractivity contribution in [3.05, 3.63) is 53.6 Å². The number of ether oxygens (including phenoxy) is 2. The lowest BCUT2D eigenvalue weighted by Crippen LogP contribution is -2.40. The summed E-state index contributed by atoms with van der Waals surface area (Å²) < 4.78 is 38.0. The third-order valence-corrected chi connectivity index (χ3v) is 7.08. The van der Waals surface area contributed by atoms with Crippen LogP contribution in [0, 0.1) is 0 Å². The summed E-state index contributed by atoms with van der Waals surface area (Å²) in [6.45, 7) is 1.27. The van der Waals surface area contributed by atoms with Crippen LogP contribution in [0.5, 0.6) is 5.75 Å². The molecule has 3 rings (SSSR count). The second kappa shape index (κ2) is 9.62. The quantitative estimate of drug-likeness (QED) is 0.719. The SMILES string of the molecule is COc1ccc(NC(=O)c2ccc(CSC)cc2)cc1S(=O)(=O)N1CCOCC1. The molecule has 156 valence electrons. The molecular weight excluding hydrogens is 412 g/mol. The molecule has 1 aliphatic rings. The Morgan fingerprint density at radius 1 is 1.17 bits per heavy atom. The van der Waals surface area contributed by atoms with Crippen molar-refractivity contribution in [3.63, 3.8) is 0 Å². The second-order valence-corrected chi connectivity index (χ2v) is 9.24. The van der Waals surface area contributed by atoms with Gasteiger partial charge in [0.25, 0.3) is 5.91 Å². The van der Waals surface area contributed by atoms with Crippen molar-refractivity contribution < 1.29 is 22.7 Å². The van der Waals surface area contributed by atoms with E-state index in [-0.39, 0.29) is 29.6 Å². The summed E-state index contributed by atoms with van der Waals surface area (Å²) in [7, 11) is -2.35. The predicted octanol–water partition coefficient (Wildman–Crippen LogP) is 2.83. The zero-order valence-corrected chi connectivity index (χ0v) is 18.0. The van der Waals surface area contributed by atoms with Gasteiger partial charge in [0.05, 0.1) is 20.3 Å². The molecule has 1 heterocycles. The van der Waals surface area contributed by atoms with E-state index in [1.54, 1.807) is 36.0 Å². The Labute approximate surface area is 175 Å². The first kappa shape index (κ1) is 21.6. The molecule has 29 heavy (non-hydrogen) atoms. The molecule has 2 aromatic rings. The molecule has 0 radical (unpaired) electrons. The maximum absolute atomic E-state index is 13.0. The van der Waals surface area contributed by atoms with Crippen molar-refractivity contribution in [2.24, 2.45) is 0 Å². The van der Waals surface area contributed by atoms with Gasteiger partial charge in [-0.15, -0.1) is 0 Å². The minimum Gasteiger partial charge on any atom is -0.495 e. The van der Waals surface area contributed by atoms with Crippen LogP contribution in [0.1, 0.15) is 15.9 Å². The largest absolute Gasteiger partial charge is 0.495 e. The number of thioether (sulfide) groups is 1. The molecule has 1 N–H and O–H groups in total. The third kappa shape index (κ3) is 5.11. The Hall–Kier alpha value is -2.07. The fourth-order valence-electron chi connectivity index (χ4n) is 3.00. The molecule has 1 fully saturated rings. The molecule has 9 heteroatoms. The molecule has 0 spiro atoms. The average Bonchev–Trinajstić information content (AvgIpc) is 2.75. The fraction of sp³-hybridized carbons (Fsp3) is 0.350. The summed E-state index contributed by atoms with van der Waals surface area (Å²) in [6, 6.07) is 11.9. The molecule has 2 aromatic carbocycles. The number of nitrogens with zero attached hydrogens (tertiary/aromatic N) is 1. The normalized spacial score (nSPS) is 15.1. The van der Waals surface area contributed by atoms with Gasteiger partial charge in [-0.1, -0.05) is 12.1 Å². The number of morpholine rings is 1. The molecule has 0 saturated carbocycles. The van der Waals surface area contributed by atoms with Crippen molar-refractivity contribution in [1.82, 2.24) is 4.31 Å². The number of nitrogens with one attached hydrogen (secondary N) is 1. The van der Waals surface area contributed by atoms with E-state index in [1.807, 2.05) is 18.4 Å². The van der Waals surface area contributed by atoms with Gasteiger partial charge in [-0.2, -0.15) is 16.1 Å². The third-order valence-electron chi connectivity index (χ3n) is 4.54. The van der Waals surface area contributed by atoms with Gasteiger partial charge in [0, 0.05) is 30.1 Å². The lowest BCUT2D eigenvalue weighted by molar-refractivity contribution is 0.0729. The number of methoxy groups -OCH3 is 1.